The molecule has 2 aromatic heterocycles. The highest BCUT2D eigenvalue weighted by atomic mass is 32.2. The van der Waals surface area contributed by atoms with Crippen LogP contribution in [0.15, 0.2) is 51.2 Å². The largest absolute Gasteiger partial charge is 0.419 e. The molecule has 10 heteroatoms. The Morgan fingerprint density at radius 3 is 2.74 bits per heavy atom. The summed E-state index contributed by atoms with van der Waals surface area (Å²) < 4.78 is 20.2. The minimum atomic E-state index is -0.427. The van der Waals surface area contributed by atoms with E-state index in [1.165, 1.54) is 47.4 Å². The van der Waals surface area contributed by atoms with E-state index in [0.29, 0.717) is 22.9 Å². The average molecular weight is 402 g/mol. The van der Waals surface area contributed by atoms with E-state index in [9.17, 15) is 14.5 Å². The molecular formula is C17H11FN4O3S2. The quantitative estimate of drug-likeness (QED) is 0.256. The molecule has 2 aromatic carbocycles. The van der Waals surface area contributed by atoms with Gasteiger partial charge >= 0.3 is 0 Å². The molecule has 0 saturated carbocycles. The van der Waals surface area contributed by atoms with Crippen LogP contribution in [0.5, 0.6) is 0 Å². The van der Waals surface area contributed by atoms with Gasteiger partial charge in [0.15, 0.2) is 4.34 Å². The molecule has 2 heterocycles. The number of halogens is 1. The van der Waals surface area contributed by atoms with Gasteiger partial charge < -0.3 is 4.42 Å². The lowest BCUT2D eigenvalue weighted by Crippen LogP contribution is -1.88. The molecule has 0 fully saturated rings. The van der Waals surface area contributed by atoms with Crippen molar-refractivity contribution >= 4 is 39.0 Å². The molecule has 27 heavy (non-hydrogen) atoms. The first-order chi connectivity index (χ1) is 13.0. The highest BCUT2D eigenvalue weighted by Crippen LogP contribution is 2.39. The summed E-state index contributed by atoms with van der Waals surface area (Å²) >= 11 is 2.80. The molecule has 0 saturated heterocycles. The Hall–Kier alpha value is -2.85. The van der Waals surface area contributed by atoms with Crippen molar-refractivity contribution in [3.05, 3.63) is 64.3 Å². The van der Waals surface area contributed by atoms with Gasteiger partial charge in [-0.25, -0.2) is 9.37 Å². The van der Waals surface area contributed by atoms with E-state index in [4.69, 9.17) is 4.42 Å². The number of thioether (sulfide) groups is 1. The van der Waals surface area contributed by atoms with Gasteiger partial charge in [0.1, 0.15) is 5.82 Å². The zero-order valence-electron chi connectivity index (χ0n) is 13.8. The van der Waals surface area contributed by atoms with Crippen LogP contribution >= 0.6 is 23.1 Å². The van der Waals surface area contributed by atoms with Crippen molar-refractivity contribution in [3.8, 4) is 11.5 Å². The number of nitrogens with zero attached hydrogens (tertiary/aromatic N) is 4. The third-order valence-electron chi connectivity index (χ3n) is 3.72. The van der Waals surface area contributed by atoms with Crippen molar-refractivity contribution in [2.45, 2.75) is 16.5 Å². The number of fused-ring (bicyclic) bond motifs is 1. The predicted molar refractivity (Wildman–Crippen MR) is 100 cm³/mol. The summed E-state index contributed by atoms with van der Waals surface area (Å²) in [5, 5.41) is 18.8. The molecule has 0 aliphatic heterocycles. The number of non-ortho nitro benzene ring substituents is 1. The van der Waals surface area contributed by atoms with Crippen LogP contribution in [-0.2, 0) is 0 Å². The van der Waals surface area contributed by atoms with E-state index in [1.807, 2.05) is 6.92 Å². The lowest BCUT2D eigenvalue weighted by atomic mass is 10.2. The van der Waals surface area contributed by atoms with E-state index < -0.39 is 4.92 Å². The Morgan fingerprint density at radius 1 is 1.22 bits per heavy atom. The van der Waals surface area contributed by atoms with E-state index >= 15 is 0 Å². The van der Waals surface area contributed by atoms with E-state index in [1.54, 1.807) is 18.2 Å². The molecule has 0 spiro atoms. The van der Waals surface area contributed by atoms with Crippen LogP contribution < -0.4 is 0 Å². The van der Waals surface area contributed by atoms with Gasteiger partial charge in [-0.3, -0.25) is 10.1 Å². The van der Waals surface area contributed by atoms with E-state index in [-0.39, 0.29) is 16.8 Å². The van der Waals surface area contributed by atoms with Crippen molar-refractivity contribution in [2.75, 3.05) is 0 Å². The van der Waals surface area contributed by atoms with Gasteiger partial charge in [-0.1, -0.05) is 11.8 Å². The van der Waals surface area contributed by atoms with Crippen molar-refractivity contribution in [2.24, 2.45) is 0 Å². The zero-order valence-corrected chi connectivity index (χ0v) is 15.5. The van der Waals surface area contributed by atoms with Gasteiger partial charge in [-0.2, -0.15) is 0 Å². The van der Waals surface area contributed by atoms with Gasteiger partial charge in [0.2, 0.25) is 11.8 Å². The third-order valence-corrected chi connectivity index (χ3v) is 5.92. The maximum absolute atomic E-state index is 13.0. The van der Waals surface area contributed by atoms with Gasteiger partial charge in [0.25, 0.3) is 5.69 Å². The second-order valence-corrected chi connectivity index (χ2v) is 8.22. The lowest BCUT2D eigenvalue weighted by Gasteiger charge is -2.02. The fourth-order valence-electron chi connectivity index (χ4n) is 2.37. The van der Waals surface area contributed by atoms with Crippen molar-refractivity contribution in [3.63, 3.8) is 0 Å². The van der Waals surface area contributed by atoms with Crippen molar-refractivity contribution in [1.82, 2.24) is 15.2 Å². The molecule has 136 valence electrons. The summed E-state index contributed by atoms with van der Waals surface area (Å²) in [4.78, 5) is 14.9. The standard InChI is InChI=1S/C17H11FN4O3S2/c1-9(15-20-21-16(25-15)10-2-4-11(18)5-3-10)26-17-19-13-7-6-12(22(23)24)8-14(13)27-17/h2-9H,1H3/t9-/m0/s1. The Kier molecular flexibility index (Phi) is 4.58. The number of nitro benzene ring substituents is 1. The summed E-state index contributed by atoms with van der Waals surface area (Å²) in [7, 11) is 0. The first-order valence-corrected chi connectivity index (χ1v) is 9.50. The Labute approximate surface area is 160 Å². The van der Waals surface area contributed by atoms with Gasteiger partial charge in [0, 0.05) is 17.7 Å². The number of thiazole rings is 1. The molecule has 4 rings (SSSR count). The fraction of sp³-hybridized carbons (Fsp3) is 0.118. The van der Waals surface area contributed by atoms with Gasteiger partial charge in [-0.15, -0.1) is 21.5 Å². The monoisotopic (exact) mass is 402 g/mol. The highest BCUT2D eigenvalue weighted by molar-refractivity contribution is 8.01. The number of rotatable bonds is 5. The van der Waals surface area contributed by atoms with Crippen LogP contribution in [0.25, 0.3) is 21.7 Å². The van der Waals surface area contributed by atoms with Crippen molar-refractivity contribution in [1.29, 1.82) is 0 Å². The summed E-state index contributed by atoms with van der Waals surface area (Å²) in [5.41, 5.74) is 1.38. The summed E-state index contributed by atoms with van der Waals surface area (Å²) in [6.45, 7) is 1.90. The maximum Gasteiger partial charge on any atom is 0.270 e. The molecule has 0 N–H and O–H groups in total. The molecule has 0 amide bonds. The van der Waals surface area contributed by atoms with Gasteiger partial charge in [-0.05, 0) is 37.3 Å². The molecule has 0 aliphatic rings. The molecule has 0 unspecified atom stereocenters. The number of benzene rings is 2. The van der Waals surface area contributed by atoms with Crippen LogP contribution in [0.1, 0.15) is 18.1 Å². The van der Waals surface area contributed by atoms with Crippen LogP contribution in [0.4, 0.5) is 10.1 Å². The minimum absolute atomic E-state index is 0.0385. The minimum Gasteiger partial charge on any atom is -0.419 e. The molecule has 0 bridgehead atoms. The average Bonchev–Trinajstić information content (AvgIpc) is 3.28. The summed E-state index contributed by atoms with van der Waals surface area (Å²) in [5.74, 6) is 0.403. The van der Waals surface area contributed by atoms with Crippen LogP contribution in [0, 0.1) is 15.9 Å². The number of nitro groups is 1. The number of aromatic nitrogens is 3. The molecular weight excluding hydrogens is 391 g/mol. The SMILES string of the molecule is C[C@H](Sc1nc2ccc([N+](=O)[O-])cc2s1)c1nnc(-c2ccc(F)cc2)o1. The van der Waals surface area contributed by atoms with E-state index in [0.717, 1.165) is 9.04 Å². The lowest BCUT2D eigenvalue weighted by molar-refractivity contribution is -0.384. The Balaban J connectivity index is 1.53. The van der Waals surface area contributed by atoms with Crippen molar-refractivity contribution < 1.29 is 13.7 Å². The topological polar surface area (TPSA) is 95.0 Å². The number of hydrogen-bond acceptors (Lipinski definition) is 8. The smallest absolute Gasteiger partial charge is 0.270 e. The molecule has 1 atom stereocenters. The molecule has 0 aliphatic carbocycles. The maximum atomic E-state index is 13.0. The predicted octanol–water partition coefficient (Wildman–Crippen LogP) is 5.25. The molecule has 4 aromatic rings. The van der Waals surface area contributed by atoms with Crippen LogP contribution in [0.3, 0.4) is 0 Å². The Bertz CT molecular complexity index is 1130. The molecule has 7 nitrogen and oxygen atoms in total. The first-order valence-electron chi connectivity index (χ1n) is 7.80. The van der Waals surface area contributed by atoms with Gasteiger partial charge in [0.05, 0.1) is 20.4 Å². The fourth-order valence-corrected chi connectivity index (χ4v) is 4.64. The van der Waals surface area contributed by atoms with E-state index in [2.05, 4.69) is 15.2 Å². The second-order valence-electron chi connectivity index (χ2n) is 5.60. The Morgan fingerprint density at radius 2 is 2.00 bits per heavy atom. The first kappa shape index (κ1) is 17.6. The zero-order chi connectivity index (χ0) is 19.0. The van der Waals surface area contributed by atoms with Crippen LogP contribution in [-0.4, -0.2) is 20.1 Å². The highest BCUT2D eigenvalue weighted by Gasteiger charge is 2.19. The normalized spacial score (nSPS) is 12.4. The third kappa shape index (κ3) is 3.67. The second kappa shape index (κ2) is 7.05. The number of hydrogen-bond donors (Lipinski definition) is 0. The van der Waals surface area contributed by atoms with Crippen LogP contribution in [0.2, 0.25) is 0 Å². The molecule has 0 radical (unpaired) electrons. The summed E-state index contributed by atoms with van der Waals surface area (Å²) in [6.07, 6.45) is 0. The summed E-state index contributed by atoms with van der Waals surface area (Å²) in [6, 6.07) is 10.4.